The Morgan fingerprint density at radius 3 is 3.00 bits per heavy atom. The molecule has 80 valence electrons. The Balaban J connectivity index is 2.04. The van der Waals surface area contributed by atoms with Crippen molar-refractivity contribution in [2.24, 2.45) is 0 Å². The maximum absolute atomic E-state index is 9.03. The summed E-state index contributed by atoms with van der Waals surface area (Å²) in [6.07, 6.45) is 3.52. The summed E-state index contributed by atoms with van der Waals surface area (Å²) in [6.45, 7) is 5.51. The number of rotatable bonds is 6. The highest BCUT2D eigenvalue weighted by Gasteiger charge is 1.97. The van der Waals surface area contributed by atoms with Gasteiger partial charge in [-0.25, -0.2) is 4.98 Å². The van der Waals surface area contributed by atoms with E-state index in [0.717, 1.165) is 37.4 Å². The molecule has 1 aromatic rings. The number of hydrogen-bond acceptors (Lipinski definition) is 3. The predicted octanol–water partition coefficient (Wildman–Crippen LogP) is 0.969. The second-order valence-electron chi connectivity index (χ2n) is 3.66. The molecule has 0 aliphatic heterocycles. The maximum atomic E-state index is 9.03. The summed E-state index contributed by atoms with van der Waals surface area (Å²) in [6, 6.07) is 0. The minimum atomic E-state index is -0.189. The molecular weight excluding hydrogens is 178 g/mol. The van der Waals surface area contributed by atoms with Gasteiger partial charge in [0.15, 0.2) is 0 Å². The van der Waals surface area contributed by atoms with Gasteiger partial charge < -0.3 is 15.4 Å². The Morgan fingerprint density at radius 2 is 2.43 bits per heavy atom. The van der Waals surface area contributed by atoms with Gasteiger partial charge in [0.25, 0.3) is 0 Å². The Labute approximate surface area is 84.8 Å². The third-order valence-electron chi connectivity index (χ3n) is 2.05. The number of aromatic amines is 1. The molecule has 4 nitrogen and oxygen atoms in total. The highest BCUT2D eigenvalue weighted by Crippen LogP contribution is 1.96. The van der Waals surface area contributed by atoms with Gasteiger partial charge in [-0.15, -0.1) is 0 Å². The van der Waals surface area contributed by atoms with Crippen molar-refractivity contribution in [3.63, 3.8) is 0 Å². The summed E-state index contributed by atoms with van der Waals surface area (Å²) < 4.78 is 0. The largest absolute Gasteiger partial charge is 0.393 e. The smallest absolute Gasteiger partial charge is 0.103 e. The molecule has 0 amide bonds. The number of imidazole rings is 1. The molecule has 0 radical (unpaired) electrons. The first-order valence-corrected chi connectivity index (χ1v) is 5.07. The summed E-state index contributed by atoms with van der Waals surface area (Å²) >= 11 is 0. The molecule has 0 fully saturated rings. The molecular formula is C10H19N3O. The Hall–Kier alpha value is -0.870. The van der Waals surface area contributed by atoms with Crippen LogP contribution in [0.25, 0.3) is 0 Å². The molecule has 0 aliphatic carbocycles. The molecule has 0 saturated carbocycles. The molecule has 1 aromatic heterocycles. The van der Waals surface area contributed by atoms with Crippen molar-refractivity contribution in [2.75, 3.05) is 6.54 Å². The van der Waals surface area contributed by atoms with Crippen LogP contribution in [0.5, 0.6) is 0 Å². The number of aliphatic hydroxyl groups is 1. The van der Waals surface area contributed by atoms with E-state index < -0.39 is 0 Å². The minimum Gasteiger partial charge on any atom is -0.393 e. The lowest BCUT2D eigenvalue weighted by molar-refractivity contribution is 0.181. The molecule has 1 heterocycles. The molecule has 3 N–H and O–H groups in total. The SMILES string of the molecule is Cc1ncc(CNCCCC(C)O)[nH]1. The molecule has 0 aromatic carbocycles. The molecule has 0 bridgehead atoms. The first-order valence-electron chi connectivity index (χ1n) is 5.07. The van der Waals surface area contributed by atoms with Gasteiger partial charge in [0.2, 0.25) is 0 Å². The number of aryl methyl sites for hydroxylation is 1. The van der Waals surface area contributed by atoms with E-state index in [4.69, 9.17) is 5.11 Å². The van der Waals surface area contributed by atoms with Crippen LogP contribution in [0.2, 0.25) is 0 Å². The highest BCUT2D eigenvalue weighted by atomic mass is 16.3. The monoisotopic (exact) mass is 197 g/mol. The minimum absolute atomic E-state index is 0.189. The summed E-state index contributed by atoms with van der Waals surface area (Å²) in [5.41, 5.74) is 1.11. The van der Waals surface area contributed by atoms with E-state index in [2.05, 4.69) is 15.3 Å². The average Bonchev–Trinajstić information content (AvgIpc) is 2.50. The maximum Gasteiger partial charge on any atom is 0.103 e. The van der Waals surface area contributed by atoms with Crippen LogP contribution in [-0.4, -0.2) is 27.7 Å². The molecule has 0 aliphatic rings. The van der Waals surface area contributed by atoms with Crippen LogP contribution in [0.1, 0.15) is 31.3 Å². The van der Waals surface area contributed by atoms with Crippen molar-refractivity contribution in [1.82, 2.24) is 15.3 Å². The van der Waals surface area contributed by atoms with E-state index in [1.165, 1.54) is 0 Å². The third-order valence-corrected chi connectivity index (χ3v) is 2.05. The van der Waals surface area contributed by atoms with Crippen molar-refractivity contribution in [3.8, 4) is 0 Å². The van der Waals surface area contributed by atoms with Gasteiger partial charge in [-0.1, -0.05) is 0 Å². The van der Waals surface area contributed by atoms with Crippen molar-refractivity contribution >= 4 is 0 Å². The second kappa shape index (κ2) is 5.78. The number of hydrogen-bond donors (Lipinski definition) is 3. The number of nitrogens with one attached hydrogen (secondary N) is 2. The van der Waals surface area contributed by atoms with Crippen LogP contribution in [0, 0.1) is 6.92 Å². The first-order chi connectivity index (χ1) is 6.68. The van der Waals surface area contributed by atoms with Crippen LogP contribution < -0.4 is 5.32 Å². The van der Waals surface area contributed by atoms with Gasteiger partial charge >= 0.3 is 0 Å². The van der Waals surface area contributed by atoms with Crippen LogP contribution in [0.4, 0.5) is 0 Å². The van der Waals surface area contributed by atoms with E-state index in [1.54, 1.807) is 0 Å². The first kappa shape index (κ1) is 11.2. The van der Waals surface area contributed by atoms with E-state index >= 15 is 0 Å². The molecule has 1 rings (SSSR count). The fourth-order valence-corrected chi connectivity index (χ4v) is 1.31. The average molecular weight is 197 g/mol. The van der Waals surface area contributed by atoms with Crippen LogP contribution in [-0.2, 0) is 6.54 Å². The summed E-state index contributed by atoms with van der Waals surface area (Å²) in [4.78, 5) is 7.26. The van der Waals surface area contributed by atoms with Gasteiger partial charge in [0, 0.05) is 18.4 Å². The number of aliphatic hydroxyl groups excluding tert-OH is 1. The molecule has 1 atom stereocenters. The van der Waals surface area contributed by atoms with Crippen molar-refractivity contribution in [1.29, 1.82) is 0 Å². The molecule has 0 saturated heterocycles. The molecule has 14 heavy (non-hydrogen) atoms. The number of nitrogens with zero attached hydrogens (tertiary/aromatic N) is 1. The second-order valence-corrected chi connectivity index (χ2v) is 3.66. The highest BCUT2D eigenvalue weighted by molar-refractivity contribution is 4.98. The lowest BCUT2D eigenvalue weighted by Gasteiger charge is -2.04. The van der Waals surface area contributed by atoms with Crippen molar-refractivity contribution in [2.45, 2.75) is 39.3 Å². The van der Waals surface area contributed by atoms with Gasteiger partial charge in [0.05, 0.1) is 6.10 Å². The van der Waals surface area contributed by atoms with Crippen molar-refractivity contribution < 1.29 is 5.11 Å². The summed E-state index contributed by atoms with van der Waals surface area (Å²) in [5.74, 6) is 0.950. The zero-order valence-electron chi connectivity index (χ0n) is 8.88. The van der Waals surface area contributed by atoms with E-state index in [-0.39, 0.29) is 6.10 Å². The normalized spacial score (nSPS) is 13.1. The van der Waals surface area contributed by atoms with Crippen LogP contribution in [0.3, 0.4) is 0 Å². The third kappa shape index (κ3) is 4.39. The number of aromatic nitrogens is 2. The van der Waals surface area contributed by atoms with E-state index in [9.17, 15) is 0 Å². The van der Waals surface area contributed by atoms with Gasteiger partial charge in [-0.05, 0) is 33.2 Å². The fourth-order valence-electron chi connectivity index (χ4n) is 1.31. The topological polar surface area (TPSA) is 60.9 Å². The Kier molecular flexibility index (Phi) is 4.62. The lowest BCUT2D eigenvalue weighted by atomic mass is 10.2. The molecule has 0 spiro atoms. The van der Waals surface area contributed by atoms with E-state index in [1.807, 2.05) is 20.0 Å². The summed E-state index contributed by atoms with van der Waals surface area (Å²) in [5, 5.41) is 12.3. The Morgan fingerprint density at radius 1 is 1.64 bits per heavy atom. The molecule has 4 heteroatoms. The van der Waals surface area contributed by atoms with Gasteiger partial charge in [0.1, 0.15) is 5.82 Å². The predicted molar refractivity (Wildman–Crippen MR) is 55.9 cm³/mol. The Bertz CT molecular complexity index is 258. The molecule has 1 unspecified atom stereocenters. The van der Waals surface area contributed by atoms with Crippen molar-refractivity contribution in [3.05, 3.63) is 17.7 Å². The van der Waals surface area contributed by atoms with Gasteiger partial charge in [-0.3, -0.25) is 0 Å². The van der Waals surface area contributed by atoms with E-state index in [0.29, 0.717) is 0 Å². The zero-order valence-corrected chi connectivity index (χ0v) is 8.88. The standard InChI is InChI=1S/C10H19N3O/c1-8(14)4-3-5-11-6-10-7-12-9(2)13-10/h7-8,11,14H,3-6H2,1-2H3,(H,12,13). The summed E-state index contributed by atoms with van der Waals surface area (Å²) in [7, 11) is 0. The fraction of sp³-hybridized carbons (Fsp3) is 0.700. The van der Waals surface area contributed by atoms with Gasteiger partial charge in [-0.2, -0.15) is 0 Å². The lowest BCUT2D eigenvalue weighted by Crippen LogP contribution is -2.16. The van der Waals surface area contributed by atoms with Crippen LogP contribution >= 0.6 is 0 Å². The zero-order chi connectivity index (χ0) is 10.4. The van der Waals surface area contributed by atoms with Crippen LogP contribution in [0.15, 0.2) is 6.20 Å². The number of H-pyrrole nitrogens is 1. The quantitative estimate of drug-likeness (QED) is 0.595.